The molecular weight excluding hydrogens is 216 g/mol. The minimum atomic E-state index is -0.276. The van der Waals surface area contributed by atoms with Crippen molar-refractivity contribution in [3.05, 3.63) is 35.9 Å². The molecule has 1 aliphatic heterocycles. The van der Waals surface area contributed by atoms with Gasteiger partial charge in [0.1, 0.15) is 0 Å². The number of rotatable bonds is 2. The van der Waals surface area contributed by atoms with Crippen molar-refractivity contribution in [3.63, 3.8) is 0 Å². The van der Waals surface area contributed by atoms with Crippen molar-refractivity contribution in [3.8, 4) is 0 Å². The molecule has 17 heavy (non-hydrogen) atoms. The van der Waals surface area contributed by atoms with E-state index in [0.717, 1.165) is 5.69 Å². The number of amides is 2. The molecule has 1 aromatic rings. The summed E-state index contributed by atoms with van der Waals surface area (Å²) in [4.78, 5) is 26.8. The second-order valence-electron chi connectivity index (χ2n) is 4.19. The van der Waals surface area contributed by atoms with Crippen LogP contribution in [0, 0.1) is 0 Å². The van der Waals surface area contributed by atoms with Crippen molar-refractivity contribution < 1.29 is 9.59 Å². The molecule has 4 heteroatoms. The quantitative estimate of drug-likeness (QED) is 0.724. The van der Waals surface area contributed by atoms with Crippen molar-refractivity contribution >= 4 is 23.2 Å². The number of imide groups is 1. The van der Waals surface area contributed by atoms with Gasteiger partial charge in [0.05, 0.1) is 11.4 Å². The minimum Gasteiger partial charge on any atom is -0.376 e. The maximum absolute atomic E-state index is 11.9. The van der Waals surface area contributed by atoms with Crippen LogP contribution in [0.3, 0.4) is 0 Å². The van der Waals surface area contributed by atoms with Gasteiger partial charge in [0.25, 0.3) is 11.8 Å². The number of anilines is 2. The van der Waals surface area contributed by atoms with Crippen LogP contribution >= 0.6 is 0 Å². The molecule has 0 N–H and O–H groups in total. The van der Waals surface area contributed by atoms with Gasteiger partial charge in [0.15, 0.2) is 0 Å². The molecule has 0 aromatic heterocycles. The molecule has 0 bridgehead atoms. The molecule has 0 saturated heterocycles. The van der Waals surface area contributed by atoms with E-state index in [4.69, 9.17) is 0 Å². The molecule has 1 aliphatic rings. The van der Waals surface area contributed by atoms with E-state index in [1.165, 1.54) is 11.0 Å². The van der Waals surface area contributed by atoms with Crippen LogP contribution in [0.15, 0.2) is 35.9 Å². The van der Waals surface area contributed by atoms with E-state index in [9.17, 15) is 9.59 Å². The van der Waals surface area contributed by atoms with Crippen LogP contribution in [0.4, 0.5) is 11.4 Å². The Kier molecular flexibility index (Phi) is 2.71. The third-order valence-electron chi connectivity index (χ3n) is 2.71. The predicted molar refractivity (Wildman–Crippen MR) is 67.0 cm³/mol. The molecular formula is C13H14N2O2. The van der Waals surface area contributed by atoms with E-state index in [2.05, 4.69) is 0 Å². The van der Waals surface area contributed by atoms with E-state index in [-0.39, 0.29) is 11.8 Å². The zero-order chi connectivity index (χ0) is 12.6. The average molecular weight is 230 g/mol. The van der Waals surface area contributed by atoms with Crippen LogP contribution in [0.25, 0.3) is 0 Å². The van der Waals surface area contributed by atoms with Gasteiger partial charge in [-0.3, -0.25) is 9.59 Å². The van der Waals surface area contributed by atoms with Crippen molar-refractivity contribution in [2.24, 2.45) is 0 Å². The summed E-state index contributed by atoms with van der Waals surface area (Å²) in [7, 11) is 3.76. The van der Waals surface area contributed by atoms with Crippen LogP contribution in [0.2, 0.25) is 0 Å². The Morgan fingerprint density at radius 1 is 1.12 bits per heavy atom. The van der Waals surface area contributed by atoms with Crippen LogP contribution in [-0.2, 0) is 9.59 Å². The number of nitrogens with zero attached hydrogens (tertiary/aromatic N) is 2. The average Bonchev–Trinajstić information content (AvgIpc) is 2.53. The highest BCUT2D eigenvalue weighted by Gasteiger charge is 2.31. The zero-order valence-electron chi connectivity index (χ0n) is 10.1. The van der Waals surface area contributed by atoms with E-state index >= 15 is 0 Å². The number of carbonyl (C=O) groups is 2. The Morgan fingerprint density at radius 2 is 1.76 bits per heavy atom. The number of para-hydroxylation sites is 2. The van der Waals surface area contributed by atoms with Crippen LogP contribution in [0.1, 0.15) is 6.92 Å². The Labute approximate surface area is 100 Å². The first-order chi connectivity index (χ1) is 8.02. The fourth-order valence-corrected chi connectivity index (χ4v) is 1.85. The first-order valence-electron chi connectivity index (χ1n) is 5.35. The lowest BCUT2D eigenvalue weighted by Gasteiger charge is -2.22. The number of hydrogen-bond acceptors (Lipinski definition) is 3. The Hall–Kier alpha value is -2.10. The maximum atomic E-state index is 11.9. The third-order valence-corrected chi connectivity index (χ3v) is 2.71. The summed E-state index contributed by atoms with van der Waals surface area (Å²) >= 11 is 0. The molecule has 2 amide bonds. The second-order valence-corrected chi connectivity index (χ2v) is 4.19. The highest BCUT2D eigenvalue weighted by atomic mass is 16.2. The molecule has 0 atom stereocenters. The Bertz CT molecular complexity index is 518. The van der Waals surface area contributed by atoms with Gasteiger partial charge < -0.3 is 4.90 Å². The van der Waals surface area contributed by atoms with Gasteiger partial charge in [-0.25, -0.2) is 4.90 Å². The molecule has 0 fully saturated rings. The first-order valence-corrected chi connectivity index (χ1v) is 5.35. The topological polar surface area (TPSA) is 40.6 Å². The first kappa shape index (κ1) is 11.4. The molecule has 0 spiro atoms. The van der Waals surface area contributed by atoms with E-state index in [1.807, 2.05) is 37.2 Å². The van der Waals surface area contributed by atoms with Gasteiger partial charge in [-0.05, 0) is 19.1 Å². The fraction of sp³-hybridized carbons (Fsp3) is 0.231. The summed E-state index contributed by atoms with van der Waals surface area (Å²) in [5.74, 6) is -0.522. The maximum Gasteiger partial charge on any atom is 0.261 e. The lowest BCUT2D eigenvalue weighted by molar-refractivity contribution is -0.120. The van der Waals surface area contributed by atoms with E-state index < -0.39 is 0 Å². The monoisotopic (exact) mass is 230 g/mol. The standard InChI is InChI=1S/C13H14N2O2/c1-9-8-12(16)15(13(9)17)11-7-5-4-6-10(11)14(2)3/h4-8H,1-3H3. The lowest BCUT2D eigenvalue weighted by Crippen LogP contribution is -2.32. The van der Waals surface area contributed by atoms with Gasteiger partial charge in [-0.1, -0.05) is 12.1 Å². The largest absolute Gasteiger partial charge is 0.376 e. The van der Waals surface area contributed by atoms with Crippen LogP contribution < -0.4 is 9.80 Å². The van der Waals surface area contributed by atoms with Crippen molar-refractivity contribution in [2.75, 3.05) is 23.9 Å². The SMILES string of the molecule is CC1=CC(=O)N(c2ccccc2N(C)C)C1=O. The summed E-state index contributed by atoms with van der Waals surface area (Å²) in [6, 6.07) is 7.35. The minimum absolute atomic E-state index is 0.246. The second kappa shape index (κ2) is 4.05. The van der Waals surface area contributed by atoms with Gasteiger partial charge >= 0.3 is 0 Å². The fourth-order valence-electron chi connectivity index (χ4n) is 1.85. The normalized spacial score (nSPS) is 15.2. The highest BCUT2D eigenvalue weighted by Crippen LogP contribution is 2.31. The molecule has 0 saturated carbocycles. The summed E-state index contributed by atoms with van der Waals surface area (Å²) in [5, 5.41) is 0. The van der Waals surface area contributed by atoms with E-state index in [0.29, 0.717) is 11.3 Å². The molecule has 0 radical (unpaired) electrons. The van der Waals surface area contributed by atoms with Crippen molar-refractivity contribution in [1.82, 2.24) is 0 Å². The molecule has 1 heterocycles. The predicted octanol–water partition coefficient (Wildman–Crippen LogP) is 1.57. The summed E-state index contributed by atoms with van der Waals surface area (Å²) in [5.41, 5.74) is 1.95. The molecule has 88 valence electrons. The zero-order valence-corrected chi connectivity index (χ0v) is 10.1. The highest BCUT2D eigenvalue weighted by molar-refractivity contribution is 6.31. The molecule has 2 rings (SSSR count). The molecule has 1 aromatic carbocycles. The Morgan fingerprint density at radius 3 is 2.29 bits per heavy atom. The summed E-state index contributed by atoms with van der Waals surface area (Å²) in [6.45, 7) is 1.65. The number of carbonyl (C=O) groups excluding carboxylic acids is 2. The van der Waals surface area contributed by atoms with Gasteiger partial charge in [-0.2, -0.15) is 0 Å². The Balaban J connectivity index is 2.49. The van der Waals surface area contributed by atoms with Crippen LogP contribution in [0.5, 0.6) is 0 Å². The van der Waals surface area contributed by atoms with Gasteiger partial charge in [0.2, 0.25) is 0 Å². The van der Waals surface area contributed by atoms with Gasteiger partial charge in [-0.15, -0.1) is 0 Å². The number of hydrogen-bond donors (Lipinski definition) is 0. The molecule has 4 nitrogen and oxygen atoms in total. The van der Waals surface area contributed by atoms with Gasteiger partial charge in [0, 0.05) is 25.7 Å². The number of benzene rings is 1. The molecule has 0 unspecified atom stereocenters. The van der Waals surface area contributed by atoms with E-state index in [1.54, 1.807) is 13.0 Å². The summed E-state index contributed by atoms with van der Waals surface area (Å²) < 4.78 is 0. The molecule has 0 aliphatic carbocycles. The van der Waals surface area contributed by atoms with Crippen molar-refractivity contribution in [1.29, 1.82) is 0 Å². The summed E-state index contributed by atoms with van der Waals surface area (Å²) in [6.07, 6.45) is 1.37. The van der Waals surface area contributed by atoms with Crippen molar-refractivity contribution in [2.45, 2.75) is 6.92 Å². The smallest absolute Gasteiger partial charge is 0.261 e. The lowest BCUT2D eigenvalue weighted by atomic mass is 10.2. The van der Waals surface area contributed by atoms with Crippen LogP contribution in [-0.4, -0.2) is 25.9 Å². The third kappa shape index (κ3) is 1.82.